The molecule has 0 saturated carbocycles. The van der Waals surface area contributed by atoms with Crippen LogP contribution < -0.4 is 14.2 Å². The zero-order chi connectivity index (χ0) is 25.9. The fourth-order valence-corrected chi connectivity index (χ4v) is 4.89. The minimum absolute atomic E-state index is 0.0803. The number of likely N-dealkylation sites (tertiary alicyclic amines) is 1. The van der Waals surface area contributed by atoms with Crippen molar-refractivity contribution < 1.29 is 27.8 Å². The topological polar surface area (TPSA) is 48.0 Å². The number of carbonyl (C=O) groups excluding carboxylic acids is 1. The van der Waals surface area contributed by atoms with Crippen LogP contribution in [0.2, 0.25) is 0 Å². The van der Waals surface area contributed by atoms with Crippen LogP contribution in [0.15, 0.2) is 40.9 Å². The van der Waals surface area contributed by atoms with Crippen LogP contribution in [0, 0.1) is 11.2 Å². The molecule has 1 fully saturated rings. The van der Waals surface area contributed by atoms with Gasteiger partial charge in [-0.15, -0.1) is 0 Å². The molecule has 2 aliphatic rings. The van der Waals surface area contributed by atoms with Gasteiger partial charge in [0.25, 0.3) is 0 Å². The van der Waals surface area contributed by atoms with Gasteiger partial charge in [-0.2, -0.15) is 0 Å². The highest BCUT2D eigenvalue weighted by Gasteiger charge is 2.28. The van der Waals surface area contributed by atoms with E-state index in [1.807, 2.05) is 24.3 Å². The molecule has 1 atom stereocenters. The van der Waals surface area contributed by atoms with Crippen LogP contribution in [0.1, 0.15) is 51.2 Å². The van der Waals surface area contributed by atoms with E-state index in [1.54, 1.807) is 20.8 Å². The van der Waals surface area contributed by atoms with Gasteiger partial charge >= 0.3 is 5.97 Å². The molecule has 2 aromatic rings. The van der Waals surface area contributed by atoms with E-state index in [-0.39, 0.29) is 18.5 Å². The first-order valence-electron chi connectivity index (χ1n) is 12.3. The molecule has 0 N–H and O–H groups in total. The van der Waals surface area contributed by atoms with E-state index in [9.17, 15) is 9.18 Å². The third-order valence-electron chi connectivity index (χ3n) is 6.25. The van der Waals surface area contributed by atoms with E-state index in [1.165, 1.54) is 12.1 Å². The van der Waals surface area contributed by atoms with Gasteiger partial charge in [0.15, 0.2) is 11.6 Å². The molecule has 2 aliphatic heterocycles. The van der Waals surface area contributed by atoms with Gasteiger partial charge in [0, 0.05) is 47.7 Å². The molecule has 36 heavy (non-hydrogen) atoms. The van der Waals surface area contributed by atoms with Gasteiger partial charge in [0.2, 0.25) is 0 Å². The van der Waals surface area contributed by atoms with Crippen LogP contribution in [0.5, 0.6) is 17.2 Å². The molecule has 0 radical (unpaired) electrons. The van der Waals surface area contributed by atoms with Crippen LogP contribution in [0.3, 0.4) is 0 Å². The zero-order valence-corrected chi connectivity index (χ0v) is 22.5. The maximum atomic E-state index is 15.1. The Morgan fingerprint density at radius 3 is 2.67 bits per heavy atom. The van der Waals surface area contributed by atoms with Gasteiger partial charge in [-0.25, -0.2) is 4.39 Å². The zero-order valence-electron chi connectivity index (χ0n) is 20.9. The highest BCUT2D eigenvalue weighted by Crippen LogP contribution is 2.42. The highest BCUT2D eigenvalue weighted by molar-refractivity contribution is 9.11. The first-order valence-corrected chi connectivity index (χ1v) is 13.1. The SMILES string of the molecule is CC(C)(C)C(=O)Oc1cc2c(cc1F)C(c1ccc(OC3CCN(CCCF)C3)cc1)=C(Br)CCO2. The average molecular weight is 564 g/mol. The number of rotatable bonds is 7. The van der Waals surface area contributed by atoms with Crippen molar-refractivity contribution in [3.63, 3.8) is 0 Å². The number of alkyl halides is 1. The smallest absolute Gasteiger partial charge is 0.316 e. The summed E-state index contributed by atoms with van der Waals surface area (Å²) in [6.07, 6.45) is 2.16. The minimum Gasteiger partial charge on any atom is -0.492 e. The Morgan fingerprint density at radius 1 is 1.22 bits per heavy atom. The number of ether oxygens (including phenoxy) is 3. The third-order valence-corrected chi connectivity index (χ3v) is 7.04. The lowest BCUT2D eigenvalue weighted by atomic mass is 9.95. The van der Waals surface area contributed by atoms with Crippen LogP contribution in [-0.2, 0) is 4.79 Å². The normalized spacial score (nSPS) is 18.4. The molecule has 1 saturated heterocycles. The number of halogens is 3. The van der Waals surface area contributed by atoms with Gasteiger partial charge in [-0.1, -0.05) is 28.1 Å². The number of benzene rings is 2. The monoisotopic (exact) mass is 563 g/mol. The number of hydrogen-bond acceptors (Lipinski definition) is 5. The Bertz CT molecular complexity index is 1130. The van der Waals surface area contributed by atoms with Gasteiger partial charge in [-0.3, -0.25) is 14.1 Å². The highest BCUT2D eigenvalue weighted by atomic mass is 79.9. The molecule has 1 unspecified atom stereocenters. The summed E-state index contributed by atoms with van der Waals surface area (Å²) in [5.74, 6) is -0.0823. The first-order chi connectivity index (χ1) is 17.2. The van der Waals surface area contributed by atoms with Crippen LogP contribution in [-0.4, -0.2) is 49.9 Å². The first kappa shape index (κ1) is 26.6. The van der Waals surface area contributed by atoms with Crippen LogP contribution in [0.25, 0.3) is 5.57 Å². The molecule has 8 heteroatoms. The van der Waals surface area contributed by atoms with E-state index in [2.05, 4.69) is 20.8 Å². The van der Waals surface area contributed by atoms with E-state index in [0.717, 1.165) is 47.4 Å². The summed E-state index contributed by atoms with van der Waals surface area (Å²) in [5.41, 5.74) is 1.53. The number of hydrogen-bond donors (Lipinski definition) is 0. The van der Waals surface area contributed by atoms with Crippen molar-refractivity contribution >= 4 is 27.5 Å². The Kier molecular flexibility index (Phi) is 8.35. The predicted octanol–water partition coefficient (Wildman–Crippen LogP) is 6.53. The van der Waals surface area contributed by atoms with Crippen LogP contribution in [0.4, 0.5) is 8.78 Å². The summed E-state index contributed by atoms with van der Waals surface area (Å²) < 4.78 is 45.8. The second-order valence-corrected chi connectivity index (χ2v) is 11.1. The lowest BCUT2D eigenvalue weighted by molar-refractivity contribution is -0.143. The maximum absolute atomic E-state index is 15.1. The van der Waals surface area contributed by atoms with Crippen molar-refractivity contribution in [2.45, 2.75) is 46.1 Å². The van der Waals surface area contributed by atoms with E-state index >= 15 is 4.39 Å². The quantitative estimate of drug-likeness (QED) is 0.283. The average Bonchev–Trinajstić information content (AvgIpc) is 3.21. The summed E-state index contributed by atoms with van der Waals surface area (Å²) >= 11 is 3.67. The lowest BCUT2D eigenvalue weighted by Crippen LogP contribution is -2.26. The molecule has 0 bridgehead atoms. The Labute approximate surface area is 219 Å². The second kappa shape index (κ2) is 11.3. The van der Waals surface area contributed by atoms with E-state index in [4.69, 9.17) is 14.2 Å². The minimum atomic E-state index is -0.761. The largest absolute Gasteiger partial charge is 0.492 e. The van der Waals surface area contributed by atoms with Gasteiger partial charge in [0.05, 0.1) is 18.7 Å². The van der Waals surface area contributed by atoms with E-state index < -0.39 is 17.2 Å². The Balaban J connectivity index is 1.54. The van der Waals surface area contributed by atoms with Crippen molar-refractivity contribution in [3.8, 4) is 17.2 Å². The fraction of sp³-hybridized carbons (Fsp3) is 0.464. The lowest BCUT2D eigenvalue weighted by Gasteiger charge is -2.19. The predicted molar refractivity (Wildman–Crippen MR) is 139 cm³/mol. The molecular weight excluding hydrogens is 532 g/mol. The summed E-state index contributed by atoms with van der Waals surface area (Å²) in [6, 6.07) is 10.5. The molecule has 194 valence electrons. The van der Waals surface area contributed by atoms with E-state index in [0.29, 0.717) is 30.8 Å². The molecule has 2 aromatic carbocycles. The van der Waals surface area contributed by atoms with Crippen LogP contribution >= 0.6 is 15.9 Å². The fourth-order valence-electron chi connectivity index (χ4n) is 4.29. The molecule has 0 aliphatic carbocycles. The van der Waals surface area contributed by atoms with Crippen molar-refractivity contribution in [2.75, 3.05) is 32.9 Å². The standard InChI is InChI=1S/C28H32BrF2NO4/c1-28(2,3)27(33)36-25-16-24-21(15-23(25)31)26(22(29)10-14-34-24)18-5-7-19(8-6-18)35-20-9-13-32(17-20)12-4-11-30/h5-8,15-16,20H,4,9-14,17H2,1-3H3. The number of fused-ring (bicyclic) bond motifs is 1. The summed E-state index contributed by atoms with van der Waals surface area (Å²) in [4.78, 5) is 14.5. The van der Waals surface area contributed by atoms with Crippen molar-refractivity contribution in [2.24, 2.45) is 5.41 Å². The molecule has 0 amide bonds. The van der Waals surface area contributed by atoms with Crippen molar-refractivity contribution in [1.29, 1.82) is 0 Å². The van der Waals surface area contributed by atoms with Gasteiger partial charge < -0.3 is 14.2 Å². The summed E-state index contributed by atoms with van der Waals surface area (Å²) in [7, 11) is 0. The van der Waals surface area contributed by atoms with Crippen molar-refractivity contribution in [1.82, 2.24) is 4.90 Å². The Morgan fingerprint density at radius 2 is 1.97 bits per heavy atom. The summed E-state index contributed by atoms with van der Waals surface area (Å²) in [6.45, 7) is 7.72. The van der Waals surface area contributed by atoms with Gasteiger partial charge in [0.1, 0.15) is 17.6 Å². The Hall–Kier alpha value is -2.45. The molecule has 2 heterocycles. The van der Waals surface area contributed by atoms with Crippen molar-refractivity contribution in [3.05, 3.63) is 57.8 Å². The molecule has 0 aromatic heterocycles. The number of carbonyl (C=O) groups is 1. The molecule has 0 spiro atoms. The second-order valence-electron chi connectivity index (χ2n) is 10.2. The molecule has 4 rings (SSSR count). The van der Waals surface area contributed by atoms with Gasteiger partial charge in [-0.05, 0) is 57.4 Å². The molecular formula is C28H32BrF2NO4. The molecule has 5 nitrogen and oxygen atoms in total. The number of nitrogens with zero attached hydrogens (tertiary/aromatic N) is 1. The maximum Gasteiger partial charge on any atom is 0.316 e. The third kappa shape index (κ3) is 6.27. The summed E-state index contributed by atoms with van der Waals surface area (Å²) in [5, 5.41) is 0. The number of esters is 1.